The van der Waals surface area contributed by atoms with Gasteiger partial charge in [-0.05, 0) is 61.2 Å². The lowest BCUT2D eigenvalue weighted by Crippen LogP contribution is -2.30. The van der Waals surface area contributed by atoms with Crippen LogP contribution in [-0.2, 0) is 6.42 Å². The summed E-state index contributed by atoms with van der Waals surface area (Å²) in [5, 5.41) is 13.4. The maximum Gasteiger partial charge on any atom is 0.161 e. The van der Waals surface area contributed by atoms with E-state index in [9.17, 15) is 5.11 Å². The van der Waals surface area contributed by atoms with E-state index in [1.165, 1.54) is 11.1 Å². The Labute approximate surface area is 148 Å². The molecule has 0 fully saturated rings. The van der Waals surface area contributed by atoms with Gasteiger partial charge in [-0.25, -0.2) is 0 Å². The zero-order chi connectivity index (χ0) is 17.8. The second-order valence-corrected chi connectivity index (χ2v) is 5.93. The van der Waals surface area contributed by atoms with E-state index in [4.69, 9.17) is 14.2 Å². The molecule has 1 heterocycles. The van der Waals surface area contributed by atoms with Crippen LogP contribution >= 0.6 is 0 Å². The molecule has 5 nitrogen and oxygen atoms in total. The lowest BCUT2D eigenvalue weighted by atomic mass is 9.89. The standard InChI is InChI=1S/C20H25NO4/c1-4-24-18-10-13-8-9-21-20(15(13)12-19(18)25-5-2)14-6-7-16(22)17(11-14)23-3/h6-7,10-12,20-22H,4-5,8-9H2,1-3H3/t20-/m0/s1. The van der Waals surface area contributed by atoms with Gasteiger partial charge in [0.05, 0.1) is 26.4 Å². The minimum absolute atomic E-state index is 0.0214. The van der Waals surface area contributed by atoms with Gasteiger partial charge < -0.3 is 24.6 Å². The Morgan fingerprint density at radius 3 is 2.44 bits per heavy atom. The molecule has 0 bridgehead atoms. The molecule has 0 unspecified atom stereocenters. The van der Waals surface area contributed by atoms with Crippen molar-refractivity contribution in [3.05, 3.63) is 47.0 Å². The van der Waals surface area contributed by atoms with Gasteiger partial charge in [-0.15, -0.1) is 0 Å². The molecule has 2 N–H and O–H groups in total. The number of benzene rings is 2. The van der Waals surface area contributed by atoms with Gasteiger partial charge >= 0.3 is 0 Å². The molecule has 3 rings (SSSR count). The molecule has 0 saturated carbocycles. The Morgan fingerprint density at radius 1 is 1.04 bits per heavy atom. The summed E-state index contributed by atoms with van der Waals surface area (Å²) in [5.74, 6) is 2.18. The fraction of sp³-hybridized carbons (Fsp3) is 0.400. The molecule has 2 aromatic carbocycles. The Kier molecular flexibility index (Phi) is 5.34. The van der Waals surface area contributed by atoms with E-state index < -0.39 is 0 Å². The van der Waals surface area contributed by atoms with Gasteiger partial charge in [-0.1, -0.05) is 6.07 Å². The molecule has 0 aromatic heterocycles. The molecule has 0 aliphatic carbocycles. The Bertz CT molecular complexity index is 745. The van der Waals surface area contributed by atoms with E-state index >= 15 is 0 Å². The number of methoxy groups -OCH3 is 1. The molecule has 1 aliphatic rings. The van der Waals surface area contributed by atoms with Crippen LogP contribution in [-0.4, -0.2) is 32.0 Å². The number of hydrogen-bond acceptors (Lipinski definition) is 5. The summed E-state index contributed by atoms with van der Waals surface area (Å²) in [6.45, 7) is 6.01. The molecule has 0 saturated heterocycles. The van der Waals surface area contributed by atoms with Gasteiger partial charge in [-0.2, -0.15) is 0 Å². The molecule has 2 aromatic rings. The lowest BCUT2D eigenvalue weighted by Gasteiger charge is -2.29. The van der Waals surface area contributed by atoms with Gasteiger partial charge in [-0.3, -0.25) is 0 Å². The summed E-state index contributed by atoms with van der Waals surface area (Å²) >= 11 is 0. The molecule has 134 valence electrons. The van der Waals surface area contributed by atoms with Crippen molar-refractivity contribution < 1.29 is 19.3 Å². The van der Waals surface area contributed by atoms with E-state index in [2.05, 4.69) is 17.4 Å². The third kappa shape index (κ3) is 3.51. The average molecular weight is 343 g/mol. The molecule has 0 spiro atoms. The van der Waals surface area contributed by atoms with Crippen LogP contribution in [0.25, 0.3) is 0 Å². The summed E-state index contributed by atoms with van der Waals surface area (Å²) in [5.41, 5.74) is 3.47. The van der Waals surface area contributed by atoms with Crippen molar-refractivity contribution in [2.24, 2.45) is 0 Å². The second-order valence-electron chi connectivity index (χ2n) is 5.93. The quantitative estimate of drug-likeness (QED) is 0.841. The van der Waals surface area contributed by atoms with Crippen LogP contribution in [0.5, 0.6) is 23.0 Å². The average Bonchev–Trinajstić information content (AvgIpc) is 2.63. The molecule has 1 aliphatic heterocycles. The molecule has 5 heteroatoms. The first kappa shape index (κ1) is 17.4. The zero-order valence-electron chi connectivity index (χ0n) is 15.0. The van der Waals surface area contributed by atoms with Gasteiger partial charge in [0, 0.05) is 6.54 Å². The number of hydrogen-bond donors (Lipinski definition) is 2. The number of rotatable bonds is 6. The number of phenols is 1. The molecular formula is C20H25NO4. The molecule has 1 atom stereocenters. The first-order valence-electron chi connectivity index (χ1n) is 8.70. The fourth-order valence-corrected chi connectivity index (χ4v) is 3.27. The van der Waals surface area contributed by atoms with Crippen molar-refractivity contribution >= 4 is 0 Å². The van der Waals surface area contributed by atoms with E-state index in [-0.39, 0.29) is 11.8 Å². The molecular weight excluding hydrogens is 318 g/mol. The van der Waals surface area contributed by atoms with Crippen molar-refractivity contribution in [2.45, 2.75) is 26.3 Å². The van der Waals surface area contributed by atoms with Crippen LogP contribution in [0, 0.1) is 0 Å². The maximum atomic E-state index is 9.86. The summed E-state index contributed by atoms with van der Waals surface area (Å²) in [6, 6.07) is 9.64. The molecule has 0 radical (unpaired) electrons. The summed E-state index contributed by atoms with van der Waals surface area (Å²) < 4.78 is 16.8. The minimum Gasteiger partial charge on any atom is -0.504 e. The van der Waals surface area contributed by atoms with Crippen LogP contribution in [0.4, 0.5) is 0 Å². The van der Waals surface area contributed by atoms with Crippen LogP contribution in [0.2, 0.25) is 0 Å². The van der Waals surface area contributed by atoms with E-state index in [0.717, 1.165) is 30.0 Å². The third-order valence-corrected chi connectivity index (χ3v) is 4.40. The first-order valence-corrected chi connectivity index (χ1v) is 8.70. The normalized spacial score (nSPS) is 16.2. The van der Waals surface area contributed by atoms with Crippen LogP contribution in [0.3, 0.4) is 0 Å². The summed E-state index contributed by atoms with van der Waals surface area (Å²) in [6.07, 6.45) is 0.938. The Hall–Kier alpha value is -2.40. The van der Waals surface area contributed by atoms with Gasteiger partial charge in [0.1, 0.15) is 0 Å². The van der Waals surface area contributed by atoms with Crippen LogP contribution in [0.15, 0.2) is 30.3 Å². The highest BCUT2D eigenvalue weighted by Gasteiger charge is 2.25. The zero-order valence-corrected chi connectivity index (χ0v) is 15.0. The van der Waals surface area contributed by atoms with Crippen LogP contribution in [0.1, 0.15) is 36.6 Å². The number of nitrogens with one attached hydrogen (secondary N) is 1. The highest BCUT2D eigenvalue weighted by molar-refractivity contribution is 5.53. The van der Waals surface area contributed by atoms with Crippen molar-refractivity contribution in [1.29, 1.82) is 0 Å². The largest absolute Gasteiger partial charge is 0.504 e. The minimum atomic E-state index is 0.0214. The third-order valence-electron chi connectivity index (χ3n) is 4.40. The fourth-order valence-electron chi connectivity index (χ4n) is 3.27. The number of phenolic OH excluding ortho intramolecular Hbond substituents is 1. The maximum absolute atomic E-state index is 9.86. The highest BCUT2D eigenvalue weighted by Crippen LogP contribution is 2.39. The summed E-state index contributed by atoms with van der Waals surface area (Å²) in [7, 11) is 1.56. The van der Waals surface area contributed by atoms with E-state index in [1.54, 1.807) is 13.2 Å². The molecule has 25 heavy (non-hydrogen) atoms. The lowest BCUT2D eigenvalue weighted by molar-refractivity contribution is 0.286. The Morgan fingerprint density at radius 2 is 1.76 bits per heavy atom. The first-order chi connectivity index (χ1) is 12.2. The van der Waals surface area contributed by atoms with Crippen molar-refractivity contribution in [3.63, 3.8) is 0 Å². The number of aromatic hydroxyl groups is 1. The monoisotopic (exact) mass is 343 g/mol. The van der Waals surface area contributed by atoms with Gasteiger partial charge in [0.25, 0.3) is 0 Å². The smallest absolute Gasteiger partial charge is 0.161 e. The Balaban J connectivity index is 2.04. The topological polar surface area (TPSA) is 60.0 Å². The van der Waals surface area contributed by atoms with Gasteiger partial charge in [0.15, 0.2) is 23.0 Å². The summed E-state index contributed by atoms with van der Waals surface area (Å²) in [4.78, 5) is 0. The van der Waals surface area contributed by atoms with E-state index in [1.807, 2.05) is 26.0 Å². The van der Waals surface area contributed by atoms with Gasteiger partial charge in [0.2, 0.25) is 0 Å². The predicted octanol–water partition coefficient (Wildman–Crippen LogP) is 3.43. The van der Waals surface area contributed by atoms with Crippen molar-refractivity contribution in [2.75, 3.05) is 26.9 Å². The SMILES string of the molecule is CCOc1cc2c(cc1OCC)[C@H](c1ccc(O)c(OC)c1)NCC2. The van der Waals surface area contributed by atoms with Crippen LogP contribution < -0.4 is 19.5 Å². The predicted molar refractivity (Wildman–Crippen MR) is 97.0 cm³/mol. The molecule has 0 amide bonds. The van der Waals surface area contributed by atoms with Crippen molar-refractivity contribution in [3.8, 4) is 23.0 Å². The number of fused-ring (bicyclic) bond motifs is 1. The second kappa shape index (κ2) is 7.66. The number of ether oxygens (including phenoxy) is 3. The van der Waals surface area contributed by atoms with E-state index in [0.29, 0.717) is 19.0 Å². The highest BCUT2D eigenvalue weighted by atomic mass is 16.5. The van der Waals surface area contributed by atoms with Crippen molar-refractivity contribution in [1.82, 2.24) is 5.32 Å².